The molecule has 0 saturated carbocycles. The van der Waals surface area contributed by atoms with E-state index in [9.17, 15) is 4.79 Å². The average Bonchev–Trinajstić information content (AvgIpc) is 2.63. The second-order valence-electron chi connectivity index (χ2n) is 5.14. The molecule has 1 N–H and O–H groups in total. The summed E-state index contributed by atoms with van der Waals surface area (Å²) in [5, 5.41) is 3.44. The molecule has 0 spiro atoms. The first kappa shape index (κ1) is 16.0. The van der Waals surface area contributed by atoms with E-state index in [0.29, 0.717) is 28.6 Å². The van der Waals surface area contributed by atoms with Crippen LogP contribution in [0.15, 0.2) is 73.1 Å². The zero-order valence-electron chi connectivity index (χ0n) is 12.8. The summed E-state index contributed by atoms with van der Waals surface area (Å²) in [6.45, 7) is 0.435. The number of carbonyl (C=O) groups excluding carboxylic acids is 1. The number of nitrogens with one attached hydrogen (secondary N) is 1. The van der Waals surface area contributed by atoms with E-state index in [1.165, 1.54) is 0 Å². The van der Waals surface area contributed by atoms with E-state index in [4.69, 9.17) is 16.3 Å². The molecular weight excluding hydrogens is 324 g/mol. The minimum atomic E-state index is -0.184. The number of benzene rings is 2. The van der Waals surface area contributed by atoms with Crippen LogP contribution in [0.25, 0.3) is 0 Å². The molecule has 0 radical (unpaired) electrons. The van der Waals surface area contributed by atoms with Crippen molar-refractivity contribution >= 4 is 23.2 Å². The Balaban J connectivity index is 1.59. The van der Waals surface area contributed by atoms with E-state index in [1.807, 2.05) is 12.1 Å². The molecule has 1 amide bonds. The third kappa shape index (κ3) is 4.33. The van der Waals surface area contributed by atoms with Crippen molar-refractivity contribution in [3.8, 4) is 5.75 Å². The van der Waals surface area contributed by atoms with Crippen LogP contribution in [0.1, 0.15) is 15.9 Å². The van der Waals surface area contributed by atoms with Crippen molar-refractivity contribution < 1.29 is 9.53 Å². The van der Waals surface area contributed by atoms with Crippen molar-refractivity contribution in [2.45, 2.75) is 6.61 Å². The average molecular weight is 339 g/mol. The molecule has 24 heavy (non-hydrogen) atoms. The maximum Gasteiger partial charge on any atom is 0.255 e. The number of amides is 1. The number of hydrogen-bond donors (Lipinski definition) is 1. The smallest absolute Gasteiger partial charge is 0.255 e. The number of aromatic nitrogens is 1. The van der Waals surface area contributed by atoms with Crippen molar-refractivity contribution in [1.29, 1.82) is 0 Å². The molecule has 5 heteroatoms. The molecule has 0 aliphatic rings. The lowest BCUT2D eigenvalue weighted by Crippen LogP contribution is -2.11. The zero-order chi connectivity index (χ0) is 16.8. The molecule has 0 bridgehead atoms. The molecule has 4 nitrogen and oxygen atoms in total. The van der Waals surface area contributed by atoms with Crippen LogP contribution >= 0.6 is 11.6 Å². The predicted octanol–water partition coefficient (Wildman–Crippen LogP) is 4.57. The first-order valence-electron chi connectivity index (χ1n) is 7.39. The van der Waals surface area contributed by atoms with E-state index in [-0.39, 0.29) is 5.91 Å². The summed E-state index contributed by atoms with van der Waals surface area (Å²) in [5.74, 6) is 0.512. The molecule has 0 atom stereocenters. The summed E-state index contributed by atoms with van der Waals surface area (Å²) in [5.41, 5.74) is 2.24. The third-order valence-electron chi connectivity index (χ3n) is 3.35. The fraction of sp³-hybridized carbons (Fsp3) is 0.0526. The topological polar surface area (TPSA) is 51.2 Å². The van der Waals surface area contributed by atoms with Gasteiger partial charge in [0.05, 0.1) is 0 Å². The second kappa shape index (κ2) is 7.62. The minimum absolute atomic E-state index is 0.184. The second-order valence-corrected chi connectivity index (χ2v) is 5.57. The summed E-state index contributed by atoms with van der Waals surface area (Å²) in [6.07, 6.45) is 3.48. The monoisotopic (exact) mass is 338 g/mol. The van der Waals surface area contributed by atoms with Crippen LogP contribution in [0.5, 0.6) is 5.75 Å². The van der Waals surface area contributed by atoms with Gasteiger partial charge in [0.15, 0.2) is 0 Å². The highest BCUT2D eigenvalue weighted by Crippen LogP contribution is 2.17. The lowest BCUT2D eigenvalue weighted by molar-refractivity contribution is 0.102. The van der Waals surface area contributed by atoms with Crippen molar-refractivity contribution in [1.82, 2.24) is 4.98 Å². The molecule has 0 aliphatic carbocycles. The Bertz CT molecular complexity index is 803. The fourth-order valence-corrected chi connectivity index (χ4v) is 2.22. The number of halogens is 1. The van der Waals surface area contributed by atoms with Gasteiger partial charge in [0.25, 0.3) is 5.91 Å². The number of pyridine rings is 1. The normalized spacial score (nSPS) is 10.2. The molecule has 120 valence electrons. The van der Waals surface area contributed by atoms with Gasteiger partial charge in [0, 0.05) is 34.2 Å². The van der Waals surface area contributed by atoms with Gasteiger partial charge in [0.2, 0.25) is 0 Å². The van der Waals surface area contributed by atoms with Gasteiger partial charge >= 0.3 is 0 Å². The maximum absolute atomic E-state index is 12.2. The van der Waals surface area contributed by atoms with Crippen LogP contribution in [0.3, 0.4) is 0 Å². The van der Waals surface area contributed by atoms with Crippen LogP contribution < -0.4 is 10.1 Å². The highest BCUT2D eigenvalue weighted by molar-refractivity contribution is 6.30. The largest absolute Gasteiger partial charge is 0.489 e. The number of rotatable bonds is 5. The molecule has 0 saturated heterocycles. The van der Waals surface area contributed by atoms with Gasteiger partial charge < -0.3 is 10.1 Å². The van der Waals surface area contributed by atoms with E-state index < -0.39 is 0 Å². The van der Waals surface area contributed by atoms with Crippen molar-refractivity contribution in [2.75, 3.05) is 5.32 Å². The number of anilines is 1. The Hall–Kier alpha value is -2.85. The quantitative estimate of drug-likeness (QED) is 0.741. The molecule has 0 fully saturated rings. The first-order chi connectivity index (χ1) is 11.7. The molecular formula is C19H15ClN2O2. The van der Waals surface area contributed by atoms with E-state index in [0.717, 1.165) is 5.56 Å². The standard InChI is InChI=1S/C19H15ClN2O2/c20-16-5-7-17(8-6-16)22-19(23)15-3-9-18(10-4-15)24-13-14-2-1-11-21-12-14/h1-12H,13H2,(H,22,23). The van der Waals surface area contributed by atoms with Gasteiger partial charge in [-0.3, -0.25) is 9.78 Å². The summed E-state index contributed by atoms with van der Waals surface area (Å²) in [4.78, 5) is 16.2. The highest BCUT2D eigenvalue weighted by Gasteiger charge is 2.06. The summed E-state index contributed by atoms with van der Waals surface area (Å²) in [6, 6.07) is 17.8. The number of carbonyl (C=O) groups is 1. The molecule has 0 unspecified atom stereocenters. The van der Waals surface area contributed by atoms with Gasteiger partial charge in [-0.2, -0.15) is 0 Å². The molecule has 1 heterocycles. The van der Waals surface area contributed by atoms with E-state index in [1.54, 1.807) is 60.9 Å². The van der Waals surface area contributed by atoms with E-state index >= 15 is 0 Å². The van der Waals surface area contributed by atoms with Gasteiger partial charge in [-0.05, 0) is 54.6 Å². The van der Waals surface area contributed by atoms with Gasteiger partial charge in [-0.15, -0.1) is 0 Å². The van der Waals surface area contributed by atoms with Gasteiger partial charge in [-0.25, -0.2) is 0 Å². The molecule has 0 aliphatic heterocycles. The van der Waals surface area contributed by atoms with Crippen LogP contribution in [0, 0.1) is 0 Å². The highest BCUT2D eigenvalue weighted by atomic mass is 35.5. The summed E-state index contributed by atoms with van der Waals surface area (Å²) < 4.78 is 5.67. The van der Waals surface area contributed by atoms with Crippen LogP contribution in [0.2, 0.25) is 5.02 Å². The molecule has 3 rings (SSSR count). The Labute approximate surface area is 145 Å². The predicted molar refractivity (Wildman–Crippen MR) is 94.4 cm³/mol. The molecule has 2 aromatic carbocycles. The van der Waals surface area contributed by atoms with Crippen LogP contribution in [-0.4, -0.2) is 10.9 Å². The Morgan fingerprint density at radius 2 is 1.79 bits per heavy atom. The van der Waals surface area contributed by atoms with Crippen molar-refractivity contribution in [3.05, 3.63) is 89.2 Å². The Kier molecular flexibility index (Phi) is 5.08. The van der Waals surface area contributed by atoms with Crippen molar-refractivity contribution in [2.24, 2.45) is 0 Å². The maximum atomic E-state index is 12.2. The van der Waals surface area contributed by atoms with Gasteiger partial charge in [0.1, 0.15) is 12.4 Å². The summed E-state index contributed by atoms with van der Waals surface area (Å²) in [7, 11) is 0. The Morgan fingerprint density at radius 3 is 2.46 bits per heavy atom. The molecule has 3 aromatic rings. The van der Waals surface area contributed by atoms with E-state index in [2.05, 4.69) is 10.3 Å². The lowest BCUT2D eigenvalue weighted by atomic mass is 10.2. The number of nitrogens with zero attached hydrogens (tertiary/aromatic N) is 1. The molecule has 1 aromatic heterocycles. The first-order valence-corrected chi connectivity index (χ1v) is 7.77. The van der Waals surface area contributed by atoms with Crippen molar-refractivity contribution in [3.63, 3.8) is 0 Å². The number of ether oxygens (including phenoxy) is 1. The van der Waals surface area contributed by atoms with Crippen LogP contribution in [-0.2, 0) is 6.61 Å². The van der Waals surface area contributed by atoms with Crippen LogP contribution in [0.4, 0.5) is 5.69 Å². The third-order valence-corrected chi connectivity index (χ3v) is 3.60. The lowest BCUT2D eigenvalue weighted by Gasteiger charge is -2.08. The number of hydrogen-bond acceptors (Lipinski definition) is 3. The minimum Gasteiger partial charge on any atom is -0.489 e. The SMILES string of the molecule is O=C(Nc1ccc(Cl)cc1)c1ccc(OCc2cccnc2)cc1. The fourth-order valence-electron chi connectivity index (χ4n) is 2.09. The summed E-state index contributed by atoms with van der Waals surface area (Å²) >= 11 is 5.83. The zero-order valence-corrected chi connectivity index (χ0v) is 13.5. The Morgan fingerprint density at radius 1 is 1.04 bits per heavy atom. The van der Waals surface area contributed by atoms with Gasteiger partial charge in [-0.1, -0.05) is 17.7 Å².